The first-order valence-corrected chi connectivity index (χ1v) is 22.9. The smallest absolute Gasteiger partial charge is 0.306 e. The second-order valence-electron chi connectivity index (χ2n) is 15.5. The van der Waals surface area contributed by atoms with Gasteiger partial charge in [0.15, 0.2) is 6.10 Å². The lowest BCUT2D eigenvalue weighted by molar-refractivity contribution is -0.161. The van der Waals surface area contributed by atoms with E-state index in [4.69, 9.17) is 9.47 Å². The highest BCUT2D eigenvalue weighted by Gasteiger charge is 2.16. The number of aliphatic hydroxyl groups is 1. The molecule has 52 heavy (non-hydrogen) atoms. The molecule has 0 aliphatic carbocycles. The minimum Gasteiger partial charge on any atom is -0.462 e. The first-order chi connectivity index (χ1) is 25.6. The van der Waals surface area contributed by atoms with Gasteiger partial charge in [0.05, 0.1) is 6.61 Å². The van der Waals surface area contributed by atoms with Crippen LogP contribution in [0.2, 0.25) is 0 Å². The van der Waals surface area contributed by atoms with Crippen molar-refractivity contribution in [1.82, 2.24) is 0 Å². The quantitative estimate of drug-likeness (QED) is 0.0384. The molecular formula is C47H88O5. The summed E-state index contributed by atoms with van der Waals surface area (Å²) in [5.41, 5.74) is 0. The Hall–Kier alpha value is -1.62. The van der Waals surface area contributed by atoms with E-state index in [9.17, 15) is 14.7 Å². The molecular weight excluding hydrogens is 645 g/mol. The number of hydrogen-bond acceptors (Lipinski definition) is 5. The summed E-state index contributed by atoms with van der Waals surface area (Å²) in [5.74, 6) is -0.587. The monoisotopic (exact) mass is 733 g/mol. The van der Waals surface area contributed by atoms with Crippen LogP contribution in [0.4, 0.5) is 0 Å². The molecule has 5 nitrogen and oxygen atoms in total. The maximum absolute atomic E-state index is 12.2. The number of carbonyl (C=O) groups excluding carboxylic acids is 2. The van der Waals surface area contributed by atoms with E-state index in [0.717, 1.165) is 51.4 Å². The van der Waals surface area contributed by atoms with Crippen LogP contribution in [0.1, 0.15) is 245 Å². The maximum atomic E-state index is 12.2. The SMILES string of the molecule is CCCCCC=CCC=CCCCCCCCCCC(=O)OC(CO)COC(=O)CCCCCCCCCCCCCCCCCCCCCCC. The number of aliphatic hydroxyl groups excluding tert-OH is 1. The van der Waals surface area contributed by atoms with Gasteiger partial charge in [0.2, 0.25) is 0 Å². The van der Waals surface area contributed by atoms with Crippen LogP contribution >= 0.6 is 0 Å². The number of hydrogen-bond donors (Lipinski definition) is 1. The Morgan fingerprint density at radius 1 is 0.442 bits per heavy atom. The van der Waals surface area contributed by atoms with Gasteiger partial charge < -0.3 is 14.6 Å². The molecule has 5 heteroatoms. The van der Waals surface area contributed by atoms with Crippen LogP contribution in [0.5, 0.6) is 0 Å². The summed E-state index contributed by atoms with van der Waals surface area (Å²) >= 11 is 0. The zero-order chi connectivity index (χ0) is 37.8. The second kappa shape index (κ2) is 43.8. The molecule has 0 fully saturated rings. The predicted molar refractivity (Wildman–Crippen MR) is 224 cm³/mol. The minimum atomic E-state index is -0.771. The fourth-order valence-electron chi connectivity index (χ4n) is 6.76. The van der Waals surface area contributed by atoms with Crippen LogP contribution in [0.25, 0.3) is 0 Å². The number of carbonyl (C=O) groups is 2. The number of allylic oxidation sites excluding steroid dienone is 4. The fraction of sp³-hybridized carbons (Fsp3) is 0.872. The Morgan fingerprint density at radius 3 is 1.17 bits per heavy atom. The van der Waals surface area contributed by atoms with Gasteiger partial charge in [-0.1, -0.05) is 212 Å². The van der Waals surface area contributed by atoms with Crippen LogP contribution in [-0.2, 0) is 19.1 Å². The van der Waals surface area contributed by atoms with Gasteiger partial charge >= 0.3 is 11.9 Å². The Bertz CT molecular complexity index is 791. The molecule has 1 N–H and O–H groups in total. The van der Waals surface area contributed by atoms with Gasteiger partial charge in [0.1, 0.15) is 6.61 Å². The second-order valence-corrected chi connectivity index (χ2v) is 15.5. The summed E-state index contributed by atoms with van der Waals surface area (Å²) in [5, 5.41) is 9.59. The van der Waals surface area contributed by atoms with Crippen molar-refractivity contribution in [2.24, 2.45) is 0 Å². The zero-order valence-electron chi connectivity index (χ0n) is 34.8. The fourth-order valence-corrected chi connectivity index (χ4v) is 6.76. The lowest BCUT2D eigenvalue weighted by atomic mass is 10.0. The molecule has 0 amide bonds. The van der Waals surface area contributed by atoms with Crippen molar-refractivity contribution in [3.8, 4) is 0 Å². The normalized spacial score (nSPS) is 12.3. The lowest BCUT2D eigenvalue weighted by Crippen LogP contribution is -2.28. The van der Waals surface area contributed by atoms with Gasteiger partial charge in [0.25, 0.3) is 0 Å². The highest BCUT2D eigenvalue weighted by Crippen LogP contribution is 2.16. The van der Waals surface area contributed by atoms with Crippen LogP contribution in [-0.4, -0.2) is 36.4 Å². The van der Waals surface area contributed by atoms with E-state index in [1.165, 1.54) is 167 Å². The molecule has 0 aromatic carbocycles. The Labute approximate surface area is 323 Å². The van der Waals surface area contributed by atoms with Crippen molar-refractivity contribution < 1.29 is 24.2 Å². The van der Waals surface area contributed by atoms with E-state index in [0.29, 0.717) is 12.8 Å². The van der Waals surface area contributed by atoms with Crippen molar-refractivity contribution in [3.63, 3.8) is 0 Å². The maximum Gasteiger partial charge on any atom is 0.306 e. The molecule has 0 aliphatic heterocycles. The van der Waals surface area contributed by atoms with Gasteiger partial charge in [-0.05, 0) is 44.9 Å². The summed E-state index contributed by atoms with van der Waals surface area (Å²) in [7, 11) is 0. The first kappa shape index (κ1) is 50.4. The van der Waals surface area contributed by atoms with E-state index in [-0.39, 0.29) is 25.2 Å². The van der Waals surface area contributed by atoms with Gasteiger partial charge in [-0.2, -0.15) is 0 Å². The number of rotatable bonds is 42. The molecule has 0 rings (SSSR count). The first-order valence-electron chi connectivity index (χ1n) is 22.9. The van der Waals surface area contributed by atoms with Crippen molar-refractivity contribution in [2.75, 3.05) is 13.2 Å². The molecule has 306 valence electrons. The lowest BCUT2D eigenvalue weighted by Gasteiger charge is -2.15. The van der Waals surface area contributed by atoms with Crippen molar-refractivity contribution in [3.05, 3.63) is 24.3 Å². The van der Waals surface area contributed by atoms with E-state index in [1.807, 2.05) is 0 Å². The van der Waals surface area contributed by atoms with E-state index >= 15 is 0 Å². The summed E-state index contributed by atoms with van der Waals surface area (Å²) in [6.45, 7) is 4.14. The van der Waals surface area contributed by atoms with Crippen molar-refractivity contribution in [1.29, 1.82) is 0 Å². The van der Waals surface area contributed by atoms with Crippen LogP contribution in [0, 0.1) is 0 Å². The Morgan fingerprint density at radius 2 is 0.769 bits per heavy atom. The highest BCUT2D eigenvalue weighted by molar-refractivity contribution is 5.70. The Balaban J connectivity index is 3.48. The molecule has 0 heterocycles. The molecule has 1 atom stereocenters. The number of ether oxygens (including phenoxy) is 2. The zero-order valence-corrected chi connectivity index (χ0v) is 34.8. The van der Waals surface area contributed by atoms with Gasteiger partial charge in [-0.15, -0.1) is 0 Å². The van der Waals surface area contributed by atoms with Crippen molar-refractivity contribution >= 4 is 11.9 Å². The molecule has 0 spiro atoms. The molecule has 0 saturated heterocycles. The molecule has 0 saturated carbocycles. The third-order valence-corrected chi connectivity index (χ3v) is 10.2. The van der Waals surface area contributed by atoms with E-state index in [1.54, 1.807) is 0 Å². The minimum absolute atomic E-state index is 0.0642. The number of unbranched alkanes of at least 4 members (excludes halogenated alkanes) is 30. The average molecular weight is 733 g/mol. The van der Waals surface area contributed by atoms with Crippen LogP contribution < -0.4 is 0 Å². The van der Waals surface area contributed by atoms with E-state index < -0.39 is 6.10 Å². The highest BCUT2D eigenvalue weighted by atomic mass is 16.6. The van der Waals surface area contributed by atoms with Gasteiger partial charge in [-0.25, -0.2) is 0 Å². The summed E-state index contributed by atoms with van der Waals surface area (Å²) in [6.07, 6.45) is 52.5. The van der Waals surface area contributed by atoms with Gasteiger partial charge in [0, 0.05) is 12.8 Å². The molecule has 0 aromatic rings. The number of esters is 2. The molecule has 0 aliphatic rings. The van der Waals surface area contributed by atoms with Crippen molar-refractivity contribution in [2.45, 2.75) is 251 Å². The summed E-state index contributed by atoms with van der Waals surface area (Å²) in [6, 6.07) is 0. The van der Waals surface area contributed by atoms with Crippen LogP contribution in [0.15, 0.2) is 24.3 Å². The summed E-state index contributed by atoms with van der Waals surface area (Å²) in [4.78, 5) is 24.4. The molecule has 0 aromatic heterocycles. The average Bonchev–Trinajstić information content (AvgIpc) is 3.15. The Kier molecular flexibility index (Phi) is 42.4. The third kappa shape index (κ3) is 41.1. The largest absolute Gasteiger partial charge is 0.462 e. The van der Waals surface area contributed by atoms with Crippen LogP contribution in [0.3, 0.4) is 0 Å². The standard InChI is InChI=1S/C47H88O5/c1-3-5-7-9-11-13-15-17-19-21-22-23-24-26-27-29-31-33-35-37-39-41-46(49)51-44-45(43-48)52-47(50)42-40-38-36-34-32-30-28-25-20-18-16-14-12-10-8-6-4-2/h12,14,18,20,45,48H,3-11,13,15-17,19,21-44H2,1-2H3. The topological polar surface area (TPSA) is 72.8 Å². The summed E-state index contributed by atoms with van der Waals surface area (Å²) < 4.78 is 10.6. The molecule has 1 unspecified atom stereocenters. The molecule has 0 radical (unpaired) electrons. The molecule has 0 bridgehead atoms. The van der Waals surface area contributed by atoms with Gasteiger partial charge in [-0.3, -0.25) is 9.59 Å². The van der Waals surface area contributed by atoms with E-state index in [2.05, 4.69) is 38.2 Å². The predicted octanol–water partition coefficient (Wildman–Crippen LogP) is 14.6. The third-order valence-electron chi connectivity index (χ3n) is 10.2.